The van der Waals surface area contributed by atoms with Crippen molar-refractivity contribution in [2.24, 2.45) is 4.99 Å². The van der Waals surface area contributed by atoms with E-state index in [1.165, 1.54) is 0 Å². The molecule has 0 bridgehead atoms. The second-order valence-electron chi connectivity index (χ2n) is 11.2. The number of esters is 1. The first-order valence-electron chi connectivity index (χ1n) is 14.2. The van der Waals surface area contributed by atoms with Crippen LogP contribution >= 0.6 is 0 Å². The Bertz CT molecular complexity index is 1240. The van der Waals surface area contributed by atoms with Gasteiger partial charge in [0.2, 0.25) is 5.90 Å². The topological polar surface area (TPSA) is 128 Å². The number of hydrogen-bond donors (Lipinski definition) is 2. The molecule has 0 radical (unpaired) electrons. The average Bonchev–Trinajstić information content (AvgIpc) is 3.37. The molecule has 0 spiro atoms. The van der Waals surface area contributed by atoms with Crippen molar-refractivity contribution in [3.63, 3.8) is 0 Å². The lowest BCUT2D eigenvalue weighted by Crippen LogP contribution is -2.56. The number of aliphatic hydroxyl groups is 1. The Morgan fingerprint density at radius 2 is 1.86 bits per heavy atom. The van der Waals surface area contributed by atoms with Crippen molar-refractivity contribution in [1.29, 1.82) is 0 Å². The van der Waals surface area contributed by atoms with E-state index < -0.39 is 23.2 Å². The number of hydrazine groups is 1. The lowest BCUT2D eigenvalue weighted by atomic mass is 9.83. The summed E-state index contributed by atoms with van der Waals surface area (Å²) in [6, 6.07) is 14.5. The van der Waals surface area contributed by atoms with Crippen molar-refractivity contribution >= 4 is 17.8 Å². The number of carbonyl (C=O) groups is 2. The summed E-state index contributed by atoms with van der Waals surface area (Å²) in [6.45, 7) is 7.86. The van der Waals surface area contributed by atoms with Crippen LogP contribution in [0.4, 0.5) is 0 Å². The fourth-order valence-electron chi connectivity index (χ4n) is 4.78. The highest BCUT2D eigenvalue weighted by atomic mass is 16.6. The molecule has 11 heteroatoms. The van der Waals surface area contributed by atoms with Gasteiger partial charge in [0.25, 0.3) is 5.91 Å². The van der Waals surface area contributed by atoms with Crippen LogP contribution in [-0.2, 0) is 23.8 Å². The number of benzene rings is 2. The molecule has 11 nitrogen and oxygen atoms in total. The van der Waals surface area contributed by atoms with Gasteiger partial charge in [-0.2, -0.15) is 0 Å². The third-order valence-electron chi connectivity index (χ3n) is 6.83. The van der Waals surface area contributed by atoms with Gasteiger partial charge in [0.1, 0.15) is 17.1 Å². The van der Waals surface area contributed by atoms with Crippen molar-refractivity contribution < 1.29 is 38.4 Å². The Balaban J connectivity index is 1.72. The minimum atomic E-state index is -1.49. The van der Waals surface area contributed by atoms with Crippen LogP contribution in [0, 0.1) is 0 Å². The highest BCUT2D eigenvalue weighted by Crippen LogP contribution is 2.44. The third-order valence-corrected chi connectivity index (χ3v) is 6.83. The summed E-state index contributed by atoms with van der Waals surface area (Å²) in [6.07, 6.45) is -0.331. The minimum Gasteiger partial charge on any atom is -0.497 e. The van der Waals surface area contributed by atoms with Crippen molar-refractivity contribution in [3.8, 4) is 11.5 Å². The molecule has 0 unspecified atom stereocenters. The highest BCUT2D eigenvalue weighted by molar-refractivity contribution is 6.01. The van der Waals surface area contributed by atoms with E-state index in [0.29, 0.717) is 62.0 Å². The maximum absolute atomic E-state index is 14.2. The number of rotatable bonds is 12. The van der Waals surface area contributed by atoms with Gasteiger partial charge in [0, 0.05) is 38.1 Å². The van der Waals surface area contributed by atoms with Gasteiger partial charge >= 0.3 is 5.97 Å². The molecule has 1 saturated heterocycles. The van der Waals surface area contributed by atoms with Crippen LogP contribution in [-0.4, -0.2) is 85.7 Å². The molecule has 228 valence electrons. The van der Waals surface area contributed by atoms with Crippen molar-refractivity contribution in [2.45, 2.75) is 57.3 Å². The van der Waals surface area contributed by atoms with Crippen LogP contribution in [0.1, 0.15) is 57.3 Å². The number of carbonyl (C=O) groups excluding carboxylic acids is 2. The quantitative estimate of drug-likeness (QED) is 0.286. The number of ether oxygens (including phenoxy) is 5. The second kappa shape index (κ2) is 14.0. The van der Waals surface area contributed by atoms with Crippen LogP contribution in [0.2, 0.25) is 0 Å². The summed E-state index contributed by atoms with van der Waals surface area (Å²) in [4.78, 5) is 32.1. The van der Waals surface area contributed by atoms with E-state index >= 15 is 0 Å². The monoisotopic (exact) mass is 583 g/mol. The number of hydrogen-bond acceptors (Lipinski definition) is 10. The number of amides is 1. The van der Waals surface area contributed by atoms with E-state index in [1.807, 2.05) is 24.3 Å². The number of morpholine rings is 1. The predicted octanol–water partition coefficient (Wildman–Crippen LogP) is 3.20. The SMILES string of the molecule is COc1cccc([C@@H]2OC(c3ccc(OCCCO)cc3)=N[C@]2(CCC(=O)OC(C)(C)C)C(=O)NN2CCOCC2)c1. The zero-order valence-electron chi connectivity index (χ0n) is 24.8. The first-order valence-corrected chi connectivity index (χ1v) is 14.2. The van der Waals surface area contributed by atoms with Gasteiger partial charge in [-0.3, -0.25) is 15.0 Å². The van der Waals surface area contributed by atoms with Crippen LogP contribution in [0.3, 0.4) is 0 Å². The summed E-state index contributed by atoms with van der Waals surface area (Å²) in [5.41, 5.74) is 2.18. The van der Waals surface area contributed by atoms with Crippen molar-refractivity contribution in [3.05, 3.63) is 59.7 Å². The summed E-state index contributed by atoms with van der Waals surface area (Å²) < 4.78 is 28.6. The van der Waals surface area contributed by atoms with Crippen LogP contribution in [0.25, 0.3) is 0 Å². The molecule has 2 aromatic rings. The lowest BCUT2D eigenvalue weighted by Gasteiger charge is -2.34. The Morgan fingerprint density at radius 3 is 2.52 bits per heavy atom. The van der Waals surface area contributed by atoms with Gasteiger partial charge < -0.3 is 28.8 Å². The Kier molecular flexibility index (Phi) is 10.4. The molecule has 2 N–H and O–H groups in total. The second-order valence-corrected chi connectivity index (χ2v) is 11.2. The number of nitrogens with one attached hydrogen (secondary N) is 1. The van der Waals surface area contributed by atoms with Gasteiger partial charge in [0.15, 0.2) is 11.6 Å². The van der Waals surface area contributed by atoms with Crippen LogP contribution in [0.15, 0.2) is 53.5 Å². The molecule has 2 aliphatic rings. The highest BCUT2D eigenvalue weighted by Gasteiger charge is 2.54. The zero-order chi connectivity index (χ0) is 30.2. The molecule has 2 heterocycles. The number of nitrogens with zero attached hydrogens (tertiary/aromatic N) is 2. The molecule has 0 aliphatic carbocycles. The van der Waals surface area contributed by atoms with Gasteiger partial charge in [-0.1, -0.05) is 12.1 Å². The molecule has 1 fully saturated rings. The molecular formula is C31H41N3O8. The summed E-state index contributed by atoms with van der Waals surface area (Å²) >= 11 is 0. The summed E-state index contributed by atoms with van der Waals surface area (Å²) in [5.74, 6) is 0.684. The minimum absolute atomic E-state index is 0.0474. The molecule has 0 saturated carbocycles. The van der Waals surface area contributed by atoms with Crippen molar-refractivity contribution in [1.82, 2.24) is 10.4 Å². The Labute approximate surface area is 246 Å². The van der Waals surface area contributed by atoms with Gasteiger partial charge in [-0.15, -0.1) is 0 Å². The first kappa shape index (κ1) is 31.3. The van der Waals surface area contributed by atoms with E-state index in [1.54, 1.807) is 57.2 Å². The van der Waals surface area contributed by atoms with E-state index in [-0.39, 0.29) is 31.3 Å². The maximum Gasteiger partial charge on any atom is 0.306 e. The normalized spacial score (nSPS) is 20.8. The molecular weight excluding hydrogens is 542 g/mol. The third kappa shape index (κ3) is 7.99. The standard InChI is InChI=1S/C31H41N3O8/c1-30(2,3)42-26(36)13-14-31(29(37)33-34-15-19-39-20-16-34)27(23-7-5-8-25(21-23)38-4)41-28(32-31)22-9-11-24(12-10-22)40-18-6-17-35/h5,7-12,21,27,35H,6,13-20H2,1-4H3,(H,33,37)/t27-,31-/m0/s1. The summed E-state index contributed by atoms with van der Waals surface area (Å²) in [7, 11) is 1.57. The number of aliphatic imine (C=N–C) groups is 1. The average molecular weight is 584 g/mol. The predicted molar refractivity (Wildman–Crippen MR) is 155 cm³/mol. The largest absolute Gasteiger partial charge is 0.497 e. The van der Waals surface area contributed by atoms with Gasteiger partial charge in [0.05, 0.1) is 26.9 Å². The maximum atomic E-state index is 14.2. The molecule has 2 atom stereocenters. The Morgan fingerprint density at radius 1 is 1.12 bits per heavy atom. The van der Waals surface area contributed by atoms with E-state index in [9.17, 15) is 9.59 Å². The van der Waals surface area contributed by atoms with Crippen LogP contribution < -0.4 is 14.9 Å². The van der Waals surface area contributed by atoms with Crippen LogP contribution in [0.5, 0.6) is 11.5 Å². The van der Waals surface area contributed by atoms with Gasteiger partial charge in [-0.25, -0.2) is 10.0 Å². The lowest BCUT2D eigenvalue weighted by molar-refractivity contribution is -0.155. The first-order chi connectivity index (χ1) is 20.1. The zero-order valence-corrected chi connectivity index (χ0v) is 24.8. The molecule has 2 aromatic carbocycles. The van der Waals surface area contributed by atoms with E-state index in [2.05, 4.69) is 5.43 Å². The molecule has 1 amide bonds. The molecule has 42 heavy (non-hydrogen) atoms. The number of aliphatic hydroxyl groups excluding tert-OH is 1. The smallest absolute Gasteiger partial charge is 0.306 e. The van der Waals surface area contributed by atoms with Gasteiger partial charge in [-0.05, 0) is 69.2 Å². The van der Waals surface area contributed by atoms with E-state index in [4.69, 9.17) is 33.8 Å². The van der Waals surface area contributed by atoms with E-state index in [0.717, 1.165) is 0 Å². The Hall–Kier alpha value is -3.67. The molecule has 2 aliphatic heterocycles. The summed E-state index contributed by atoms with van der Waals surface area (Å²) in [5, 5.41) is 10.8. The van der Waals surface area contributed by atoms with Crippen molar-refractivity contribution in [2.75, 3.05) is 46.6 Å². The number of methoxy groups -OCH3 is 1. The fourth-order valence-corrected chi connectivity index (χ4v) is 4.78. The molecule has 0 aromatic heterocycles. The fraction of sp³-hybridized carbons (Fsp3) is 0.516. The molecule has 4 rings (SSSR count).